The molecule has 0 unspecified atom stereocenters. The molecule has 0 aromatic heterocycles. The molecular formula is C10H16OSi. The standard InChI is InChI=1S/C10H16OSi/c1-4-9-6-5-7(2)8(3)10(9)11-12/h5-6H,4H2,1-3,12H3. The first-order valence-corrected chi connectivity index (χ1v) is 5.15. The quantitative estimate of drug-likeness (QED) is 0.627. The molecule has 0 radical (unpaired) electrons. The van der Waals surface area contributed by atoms with Gasteiger partial charge in [-0.05, 0) is 37.0 Å². The highest BCUT2D eigenvalue weighted by atomic mass is 28.2. The largest absolute Gasteiger partial charge is 0.553 e. The molecule has 0 aliphatic carbocycles. The van der Waals surface area contributed by atoms with Gasteiger partial charge in [0, 0.05) is 0 Å². The smallest absolute Gasteiger partial charge is 0.204 e. The highest BCUT2D eigenvalue weighted by Crippen LogP contribution is 2.25. The van der Waals surface area contributed by atoms with Gasteiger partial charge in [-0.25, -0.2) is 0 Å². The van der Waals surface area contributed by atoms with Crippen molar-refractivity contribution < 1.29 is 4.43 Å². The Morgan fingerprint density at radius 1 is 1.33 bits per heavy atom. The molecule has 1 nitrogen and oxygen atoms in total. The van der Waals surface area contributed by atoms with Crippen LogP contribution >= 0.6 is 0 Å². The Bertz CT molecular complexity index is 281. The number of rotatable bonds is 2. The van der Waals surface area contributed by atoms with Crippen LogP contribution in [-0.2, 0) is 6.42 Å². The second-order valence-electron chi connectivity index (χ2n) is 3.05. The summed E-state index contributed by atoms with van der Waals surface area (Å²) in [6.07, 6.45) is 1.05. The van der Waals surface area contributed by atoms with Gasteiger partial charge in [-0.1, -0.05) is 19.1 Å². The monoisotopic (exact) mass is 180 g/mol. The van der Waals surface area contributed by atoms with Crippen LogP contribution in [0, 0.1) is 13.8 Å². The molecule has 1 aromatic carbocycles. The Morgan fingerprint density at radius 2 is 2.00 bits per heavy atom. The maximum Gasteiger partial charge on any atom is 0.204 e. The normalized spacial score (nSPS) is 10.2. The molecule has 0 fully saturated rings. The van der Waals surface area contributed by atoms with Crippen LogP contribution in [0.2, 0.25) is 0 Å². The summed E-state index contributed by atoms with van der Waals surface area (Å²) in [6, 6.07) is 4.33. The minimum absolute atomic E-state index is 0.776. The Hall–Kier alpha value is -0.763. The van der Waals surface area contributed by atoms with Gasteiger partial charge in [0.2, 0.25) is 10.5 Å². The fourth-order valence-electron chi connectivity index (χ4n) is 1.41. The molecule has 0 heterocycles. The van der Waals surface area contributed by atoms with Crippen molar-refractivity contribution in [1.82, 2.24) is 0 Å². The summed E-state index contributed by atoms with van der Waals surface area (Å²) in [7, 11) is 0.776. The molecule has 0 atom stereocenters. The minimum atomic E-state index is 0.776. The van der Waals surface area contributed by atoms with Crippen LogP contribution in [0.25, 0.3) is 0 Å². The van der Waals surface area contributed by atoms with Crippen molar-refractivity contribution in [2.24, 2.45) is 0 Å². The Morgan fingerprint density at radius 3 is 2.50 bits per heavy atom. The van der Waals surface area contributed by atoms with Gasteiger partial charge in [0.25, 0.3) is 0 Å². The predicted octanol–water partition coefficient (Wildman–Crippen LogP) is 1.53. The summed E-state index contributed by atoms with van der Waals surface area (Å²) in [5.74, 6) is 1.11. The lowest BCUT2D eigenvalue weighted by Gasteiger charge is -2.12. The van der Waals surface area contributed by atoms with Gasteiger partial charge in [0.15, 0.2) is 0 Å². The fraction of sp³-hybridized carbons (Fsp3) is 0.400. The number of aryl methyl sites for hydroxylation is 2. The van der Waals surface area contributed by atoms with Crippen LogP contribution in [0.1, 0.15) is 23.6 Å². The average molecular weight is 180 g/mol. The lowest BCUT2D eigenvalue weighted by Crippen LogP contribution is -1.96. The van der Waals surface area contributed by atoms with E-state index in [1.54, 1.807) is 0 Å². The van der Waals surface area contributed by atoms with E-state index < -0.39 is 0 Å². The minimum Gasteiger partial charge on any atom is -0.553 e. The number of hydrogen-bond acceptors (Lipinski definition) is 1. The van der Waals surface area contributed by atoms with Crippen molar-refractivity contribution in [2.45, 2.75) is 27.2 Å². The second kappa shape index (κ2) is 3.76. The molecule has 12 heavy (non-hydrogen) atoms. The van der Waals surface area contributed by atoms with E-state index in [4.69, 9.17) is 4.43 Å². The third-order valence-electron chi connectivity index (χ3n) is 2.34. The van der Waals surface area contributed by atoms with Gasteiger partial charge < -0.3 is 4.43 Å². The van der Waals surface area contributed by atoms with Crippen molar-refractivity contribution in [3.05, 3.63) is 28.8 Å². The summed E-state index contributed by atoms with van der Waals surface area (Å²) in [5, 5.41) is 0. The molecule has 0 spiro atoms. The predicted molar refractivity (Wildman–Crippen MR) is 55.9 cm³/mol. The lowest BCUT2D eigenvalue weighted by molar-refractivity contribution is 0.599. The van der Waals surface area contributed by atoms with Crippen molar-refractivity contribution in [2.75, 3.05) is 0 Å². The van der Waals surface area contributed by atoms with Crippen molar-refractivity contribution in [3.8, 4) is 5.75 Å². The summed E-state index contributed by atoms with van der Waals surface area (Å²) in [6.45, 7) is 6.41. The molecule has 1 aromatic rings. The molecule has 0 aliphatic heterocycles. The summed E-state index contributed by atoms with van der Waals surface area (Å²) in [5.41, 5.74) is 3.94. The second-order valence-corrected chi connectivity index (χ2v) is 3.46. The van der Waals surface area contributed by atoms with Gasteiger partial charge in [-0.15, -0.1) is 0 Å². The third-order valence-corrected chi connectivity index (χ3v) is 2.75. The van der Waals surface area contributed by atoms with E-state index in [2.05, 4.69) is 32.9 Å². The zero-order valence-electron chi connectivity index (χ0n) is 8.27. The molecule has 0 aliphatic rings. The Kier molecular flexibility index (Phi) is 2.92. The zero-order valence-corrected chi connectivity index (χ0v) is 10.3. The van der Waals surface area contributed by atoms with Gasteiger partial charge >= 0.3 is 0 Å². The third kappa shape index (κ3) is 1.53. The fourth-order valence-corrected chi connectivity index (χ4v) is 1.98. The van der Waals surface area contributed by atoms with Gasteiger partial charge in [0.05, 0.1) is 0 Å². The Labute approximate surface area is 77.3 Å². The van der Waals surface area contributed by atoms with Crippen molar-refractivity contribution in [1.29, 1.82) is 0 Å². The molecule has 2 heteroatoms. The summed E-state index contributed by atoms with van der Waals surface area (Å²) >= 11 is 0. The average Bonchev–Trinajstić information content (AvgIpc) is 2.09. The lowest BCUT2D eigenvalue weighted by atomic mass is 10.0. The van der Waals surface area contributed by atoms with E-state index in [0.29, 0.717) is 0 Å². The van der Waals surface area contributed by atoms with Crippen molar-refractivity contribution >= 4 is 10.5 Å². The van der Waals surface area contributed by atoms with E-state index in [0.717, 1.165) is 22.7 Å². The highest BCUT2D eigenvalue weighted by Gasteiger charge is 2.05. The first kappa shape index (κ1) is 9.33. The molecule has 0 N–H and O–H groups in total. The molecular weight excluding hydrogens is 164 g/mol. The van der Waals surface area contributed by atoms with Crippen LogP contribution in [-0.4, -0.2) is 10.5 Å². The SMILES string of the molecule is CCc1ccc(C)c(C)c1O[SiH3]. The number of benzene rings is 1. The topological polar surface area (TPSA) is 9.23 Å². The highest BCUT2D eigenvalue weighted by molar-refractivity contribution is 6.00. The Balaban J connectivity index is 3.25. The van der Waals surface area contributed by atoms with Crippen molar-refractivity contribution in [3.63, 3.8) is 0 Å². The van der Waals surface area contributed by atoms with Crippen LogP contribution in [0.5, 0.6) is 5.75 Å². The molecule has 0 saturated carbocycles. The van der Waals surface area contributed by atoms with E-state index in [1.807, 2.05) is 0 Å². The van der Waals surface area contributed by atoms with Gasteiger partial charge in [0.1, 0.15) is 5.75 Å². The first-order valence-electron chi connectivity index (χ1n) is 4.33. The molecule has 0 amide bonds. The number of hydrogen-bond donors (Lipinski definition) is 0. The van der Waals surface area contributed by atoms with Crippen LogP contribution in [0.3, 0.4) is 0 Å². The molecule has 66 valence electrons. The zero-order chi connectivity index (χ0) is 9.14. The van der Waals surface area contributed by atoms with Crippen LogP contribution in [0.4, 0.5) is 0 Å². The molecule has 0 bridgehead atoms. The molecule has 0 saturated heterocycles. The van der Waals surface area contributed by atoms with Crippen LogP contribution in [0.15, 0.2) is 12.1 Å². The maximum absolute atomic E-state index is 5.49. The van der Waals surface area contributed by atoms with E-state index in [-0.39, 0.29) is 0 Å². The van der Waals surface area contributed by atoms with E-state index in [9.17, 15) is 0 Å². The van der Waals surface area contributed by atoms with Crippen LogP contribution < -0.4 is 4.43 Å². The van der Waals surface area contributed by atoms with E-state index >= 15 is 0 Å². The summed E-state index contributed by atoms with van der Waals surface area (Å²) in [4.78, 5) is 0. The van der Waals surface area contributed by atoms with E-state index in [1.165, 1.54) is 16.7 Å². The maximum atomic E-state index is 5.49. The first-order chi connectivity index (χ1) is 5.70. The summed E-state index contributed by atoms with van der Waals surface area (Å²) < 4.78 is 5.49. The molecule has 1 rings (SSSR count). The van der Waals surface area contributed by atoms with Gasteiger partial charge in [-0.2, -0.15) is 0 Å². The van der Waals surface area contributed by atoms with Gasteiger partial charge in [-0.3, -0.25) is 0 Å².